The average Bonchev–Trinajstić information content (AvgIpc) is 2.19. The Morgan fingerprint density at radius 1 is 1.27 bits per heavy atom. The van der Waals surface area contributed by atoms with Crippen LogP contribution in [0.1, 0.15) is 19.8 Å². The summed E-state index contributed by atoms with van der Waals surface area (Å²) in [6.07, 6.45) is 1.81. The fourth-order valence-electron chi connectivity index (χ4n) is 1.91. The second kappa shape index (κ2) is 5.25. The number of nitrogens with one attached hydrogen (secondary N) is 1. The van der Waals surface area contributed by atoms with E-state index in [-0.39, 0.29) is 6.04 Å². The second-order valence-corrected chi connectivity index (χ2v) is 6.07. The monoisotopic (exact) mass is 235 g/mol. The van der Waals surface area contributed by atoms with Gasteiger partial charge in [0.2, 0.25) is 0 Å². The Morgan fingerprint density at radius 2 is 1.80 bits per heavy atom. The highest BCUT2D eigenvalue weighted by Crippen LogP contribution is 2.16. The molecule has 0 aromatic heterocycles. The predicted octanol–water partition coefficient (Wildman–Crippen LogP) is -0.133. The molecule has 0 spiro atoms. The summed E-state index contributed by atoms with van der Waals surface area (Å²) < 4.78 is 26.9. The number of rotatable bonds is 4. The average molecular weight is 235 g/mol. The van der Waals surface area contributed by atoms with Gasteiger partial charge in [0.05, 0.1) is 0 Å². The lowest BCUT2D eigenvalue weighted by atomic mass is 10.1. The molecule has 0 radical (unpaired) electrons. The molecule has 0 aromatic rings. The molecule has 1 aliphatic rings. The molecule has 5 nitrogen and oxygen atoms in total. The zero-order valence-electron chi connectivity index (χ0n) is 9.73. The number of hydrogen-bond donors (Lipinski definition) is 1. The first kappa shape index (κ1) is 12.9. The van der Waals surface area contributed by atoms with Gasteiger partial charge in [0, 0.05) is 26.7 Å². The van der Waals surface area contributed by atoms with Crippen molar-refractivity contribution in [2.75, 3.05) is 33.7 Å². The van der Waals surface area contributed by atoms with Crippen molar-refractivity contribution in [3.63, 3.8) is 0 Å². The standard InChI is InChI=1S/C9H21N3O2S/c1-4-12(15(13,14)11(2)3)9-5-7-10-8-6-9/h9-10H,4-8H2,1-3H3. The third-order valence-electron chi connectivity index (χ3n) is 2.79. The van der Waals surface area contributed by atoms with Gasteiger partial charge in [0.15, 0.2) is 0 Å². The largest absolute Gasteiger partial charge is 0.317 e. The van der Waals surface area contributed by atoms with Gasteiger partial charge in [0.1, 0.15) is 0 Å². The van der Waals surface area contributed by atoms with Gasteiger partial charge < -0.3 is 5.32 Å². The maximum Gasteiger partial charge on any atom is 0.281 e. The molecule has 1 N–H and O–H groups in total. The first-order valence-corrected chi connectivity index (χ1v) is 6.80. The molecule has 0 amide bonds. The van der Waals surface area contributed by atoms with Crippen LogP contribution < -0.4 is 5.32 Å². The highest BCUT2D eigenvalue weighted by Gasteiger charge is 2.30. The summed E-state index contributed by atoms with van der Waals surface area (Å²) in [5.41, 5.74) is 0. The molecule has 1 saturated heterocycles. The van der Waals surface area contributed by atoms with Crippen molar-refractivity contribution < 1.29 is 8.42 Å². The molecule has 0 atom stereocenters. The van der Waals surface area contributed by atoms with E-state index in [0.717, 1.165) is 25.9 Å². The van der Waals surface area contributed by atoms with E-state index in [1.807, 2.05) is 6.92 Å². The Labute approximate surface area is 92.6 Å². The summed E-state index contributed by atoms with van der Waals surface area (Å²) in [7, 11) is -0.0850. The second-order valence-electron chi connectivity index (χ2n) is 3.97. The van der Waals surface area contributed by atoms with Gasteiger partial charge in [-0.05, 0) is 25.9 Å². The van der Waals surface area contributed by atoms with Crippen molar-refractivity contribution in [2.45, 2.75) is 25.8 Å². The molecule has 0 unspecified atom stereocenters. The Bertz CT molecular complexity index is 284. The van der Waals surface area contributed by atoms with E-state index in [1.54, 1.807) is 18.4 Å². The lowest BCUT2D eigenvalue weighted by Gasteiger charge is -2.34. The molecule has 6 heteroatoms. The highest BCUT2D eigenvalue weighted by atomic mass is 32.2. The van der Waals surface area contributed by atoms with E-state index in [4.69, 9.17) is 0 Å². The molecule has 90 valence electrons. The topological polar surface area (TPSA) is 52.7 Å². The molecule has 0 bridgehead atoms. The molecular formula is C9H21N3O2S. The van der Waals surface area contributed by atoms with Crippen LogP contribution >= 0.6 is 0 Å². The van der Waals surface area contributed by atoms with E-state index in [0.29, 0.717) is 6.54 Å². The highest BCUT2D eigenvalue weighted by molar-refractivity contribution is 7.86. The summed E-state index contributed by atoms with van der Waals surface area (Å²) in [6.45, 7) is 4.25. The molecule has 0 aromatic carbocycles. The lowest BCUT2D eigenvalue weighted by molar-refractivity contribution is 0.258. The molecule has 1 rings (SSSR count). The summed E-state index contributed by atoms with van der Waals surface area (Å²) in [5, 5.41) is 3.24. The molecule has 1 fully saturated rings. The van der Waals surface area contributed by atoms with Gasteiger partial charge in [-0.2, -0.15) is 17.0 Å². The van der Waals surface area contributed by atoms with Crippen molar-refractivity contribution in [1.29, 1.82) is 0 Å². The Balaban J connectivity index is 2.78. The quantitative estimate of drug-likeness (QED) is 0.738. The molecular weight excluding hydrogens is 214 g/mol. The SMILES string of the molecule is CCN(C1CCNCC1)S(=O)(=O)N(C)C. The Morgan fingerprint density at radius 3 is 2.20 bits per heavy atom. The van der Waals surface area contributed by atoms with Crippen LogP contribution in [0.15, 0.2) is 0 Å². The van der Waals surface area contributed by atoms with E-state index >= 15 is 0 Å². The fourth-order valence-corrected chi connectivity index (χ4v) is 3.25. The zero-order valence-corrected chi connectivity index (χ0v) is 10.5. The minimum Gasteiger partial charge on any atom is -0.317 e. The molecule has 1 aliphatic heterocycles. The lowest BCUT2D eigenvalue weighted by Crippen LogP contribution is -2.49. The van der Waals surface area contributed by atoms with Crippen LogP contribution in [0.3, 0.4) is 0 Å². The van der Waals surface area contributed by atoms with Gasteiger partial charge in [0.25, 0.3) is 10.2 Å². The third kappa shape index (κ3) is 2.90. The van der Waals surface area contributed by atoms with Crippen molar-refractivity contribution in [3.05, 3.63) is 0 Å². The molecule has 1 heterocycles. The van der Waals surface area contributed by atoms with Crippen LogP contribution in [0.5, 0.6) is 0 Å². The summed E-state index contributed by atoms with van der Waals surface area (Å²) in [5.74, 6) is 0. The summed E-state index contributed by atoms with van der Waals surface area (Å²) in [6, 6.07) is 0.156. The number of piperidine rings is 1. The van der Waals surface area contributed by atoms with E-state index in [9.17, 15) is 8.42 Å². The maximum atomic E-state index is 12.0. The normalized spacial score (nSPS) is 20.1. The van der Waals surface area contributed by atoms with Crippen LogP contribution in [0, 0.1) is 0 Å². The predicted molar refractivity (Wildman–Crippen MR) is 60.9 cm³/mol. The van der Waals surface area contributed by atoms with Crippen molar-refractivity contribution in [1.82, 2.24) is 13.9 Å². The van der Waals surface area contributed by atoms with Crippen LogP contribution in [-0.4, -0.2) is 56.8 Å². The van der Waals surface area contributed by atoms with Gasteiger partial charge in [-0.15, -0.1) is 0 Å². The molecule has 0 aliphatic carbocycles. The van der Waals surface area contributed by atoms with E-state index in [2.05, 4.69) is 5.32 Å². The minimum absolute atomic E-state index is 0.156. The van der Waals surface area contributed by atoms with Gasteiger partial charge in [-0.3, -0.25) is 0 Å². The van der Waals surface area contributed by atoms with Crippen LogP contribution in [-0.2, 0) is 10.2 Å². The van der Waals surface area contributed by atoms with Crippen LogP contribution in [0.25, 0.3) is 0 Å². The van der Waals surface area contributed by atoms with Crippen molar-refractivity contribution in [3.8, 4) is 0 Å². The van der Waals surface area contributed by atoms with Gasteiger partial charge in [-0.25, -0.2) is 0 Å². The number of nitrogens with zero attached hydrogens (tertiary/aromatic N) is 2. The van der Waals surface area contributed by atoms with Gasteiger partial charge in [-0.1, -0.05) is 6.92 Å². The fraction of sp³-hybridized carbons (Fsp3) is 1.00. The zero-order chi connectivity index (χ0) is 11.5. The first-order chi connectivity index (χ1) is 7.00. The Kier molecular flexibility index (Phi) is 4.51. The third-order valence-corrected chi connectivity index (χ3v) is 4.86. The molecule has 15 heavy (non-hydrogen) atoms. The van der Waals surface area contributed by atoms with Crippen LogP contribution in [0.4, 0.5) is 0 Å². The first-order valence-electron chi connectivity index (χ1n) is 5.40. The Hall–Kier alpha value is -0.170. The van der Waals surface area contributed by atoms with Gasteiger partial charge >= 0.3 is 0 Å². The van der Waals surface area contributed by atoms with E-state index in [1.165, 1.54) is 4.31 Å². The summed E-state index contributed by atoms with van der Waals surface area (Å²) in [4.78, 5) is 0. The maximum absolute atomic E-state index is 12.0. The number of hydrogen-bond acceptors (Lipinski definition) is 3. The van der Waals surface area contributed by atoms with Crippen molar-refractivity contribution in [2.24, 2.45) is 0 Å². The van der Waals surface area contributed by atoms with E-state index < -0.39 is 10.2 Å². The molecule has 0 saturated carbocycles. The smallest absolute Gasteiger partial charge is 0.281 e. The summed E-state index contributed by atoms with van der Waals surface area (Å²) >= 11 is 0. The minimum atomic E-state index is -3.25. The van der Waals surface area contributed by atoms with Crippen LogP contribution in [0.2, 0.25) is 0 Å². The van der Waals surface area contributed by atoms with Crippen molar-refractivity contribution >= 4 is 10.2 Å².